The van der Waals surface area contributed by atoms with Crippen LogP contribution in [-0.4, -0.2) is 24.8 Å². The average molecular weight is 302 g/mol. The maximum atomic E-state index is 6.35. The summed E-state index contributed by atoms with van der Waals surface area (Å²) < 4.78 is 12.5. The molecule has 2 N–H and O–H groups in total. The first-order valence-corrected chi connectivity index (χ1v) is 7.84. The minimum atomic E-state index is -0.201. The van der Waals surface area contributed by atoms with Crippen LogP contribution in [0.3, 0.4) is 0 Å². The fourth-order valence-corrected chi connectivity index (χ4v) is 4.74. The third kappa shape index (κ3) is 2.23. The zero-order chi connectivity index (χ0) is 14.0. The normalized spacial score (nSPS) is 42.8. The van der Waals surface area contributed by atoms with Crippen molar-refractivity contribution >= 4 is 19.5 Å². The molecule has 116 valence electrons. The van der Waals surface area contributed by atoms with Crippen LogP contribution in [-0.2, 0) is 9.31 Å². The Bertz CT molecular complexity index is 379. The molecule has 20 heavy (non-hydrogen) atoms. The number of halogens is 1. The molecule has 1 saturated heterocycles. The summed E-state index contributed by atoms with van der Waals surface area (Å²) >= 11 is 0. The van der Waals surface area contributed by atoms with Gasteiger partial charge in [0.25, 0.3) is 0 Å². The highest BCUT2D eigenvalue weighted by atomic mass is 35.5. The molecule has 0 amide bonds. The van der Waals surface area contributed by atoms with Gasteiger partial charge < -0.3 is 15.0 Å². The highest BCUT2D eigenvalue weighted by molar-refractivity contribution is 6.47. The Hall–Kier alpha value is 0.235. The van der Waals surface area contributed by atoms with E-state index in [1.165, 1.54) is 6.42 Å². The third-order valence-corrected chi connectivity index (χ3v) is 6.06. The van der Waals surface area contributed by atoms with E-state index in [0.29, 0.717) is 17.3 Å². The predicted molar refractivity (Wildman–Crippen MR) is 84.8 cm³/mol. The van der Waals surface area contributed by atoms with Crippen LogP contribution in [0.1, 0.15) is 53.9 Å². The minimum Gasteiger partial charge on any atom is -0.404 e. The van der Waals surface area contributed by atoms with Crippen molar-refractivity contribution in [1.29, 1.82) is 0 Å². The van der Waals surface area contributed by atoms with Gasteiger partial charge in [-0.05, 0) is 49.4 Å². The van der Waals surface area contributed by atoms with Gasteiger partial charge in [0.05, 0.1) is 11.7 Å². The molecule has 3 nitrogen and oxygen atoms in total. The summed E-state index contributed by atoms with van der Waals surface area (Å²) in [5.41, 5.74) is 6.56. The van der Waals surface area contributed by atoms with Crippen LogP contribution in [0.2, 0.25) is 0 Å². The Morgan fingerprint density at radius 2 is 1.90 bits per heavy atom. The fraction of sp³-hybridized carbons (Fsp3) is 1.00. The lowest BCUT2D eigenvalue weighted by Crippen LogP contribution is -2.65. The lowest BCUT2D eigenvalue weighted by molar-refractivity contribution is -0.199. The van der Waals surface area contributed by atoms with Crippen molar-refractivity contribution in [2.24, 2.45) is 28.9 Å². The molecule has 3 saturated carbocycles. The Morgan fingerprint density at radius 3 is 2.45 bits per heavy atom. The number of hydrogen-bond donors (Lipinski definition) is 1. The van der Waals surface area contributed by atoms with E-state index in [9.17, 15) is 0 Å². The molecule has 4 rings (SSSR count). The molecule has 1 aliphatic heterocycles. The predicted octanol–water partition coefficient (Wildman–Crippen LogP) is 3.05. The van der Waals surface area contributed by atoms with Crippen LogP contribution in [0.5, 0.6) is 0 Å². The average Bonchev–Trinajstić information content (AvgIpc) is 2.64. The number of rotatable bonds is 3. The van der Waals surface area contributed by atoms with Crippen LogP contribution in [0.25, 0.3) is 0 Å². The van der Waals surface area contributed by atoms with E-state index in [4.69, 9.17) is 15.0 Å². The SMILES string of the molecule is CC(C)C[C@H](N)B1O[C@@H]2C[C@H]3C[C@H](C3(C)C)[C@]2(C)O1.Cl. The molecular weight excluding hydrogens is 272 g/mol. The Balaban J connectivity index is 0.00000147. The lowest BCUT2D eigenvalue weighted by Gasteiger charge is -2.64. The Kier molecular flexibility index (Phi) is 4.28. The summed E-state index contributed by atoms with van der Waals surface area (Å²) in [6, 6.07) is 0. The van der Waals surface area contributed by atoms with Gasteiger partial charge in [-0.2, -0.15) is 0 Å². The minimum absolute atomic E-state index is 0. The monoisotopic (exact) mass is 301 g/mol. The van der Waals surface area contributed by atoms with Gasteiger partial charge >= 0.3 is 7.12 Å². The Morgan fingerprint density at radius 1 is 1.25 bits per heavy atom. The molecule has 0 radical (unpaired) electrons. The van der Waals surface area contributed by atoms with Gasteiger partial charge in [-0.25, -0.2) is 0 Å². The second kappa shape index (κ2) is 5.15. The zero-order valence-electron chi connectivity index (χ0n) is 13.4. The van der Waals surface area contributed by atoms with E-state index < -0.39 is 0 Å². The first-order chi connectivity index (χ1) is 8.75. The molecule has 5 heteroatoms. The summed E-state index contributed by atoms with van der Waals surface area (Å²) in [7, 11) is -0.201. The molecule has 0 aromatic rings. The van der Waals surface area contributed by atoms with Crippen molar-refractivity contribution in [3.8, 4) is 0 Å². The molecule has 2 bridgehead atoms. The van der Waals surface area contributed by atoms with Crippen molar-refractivity contribution in [3.05, 3.63) is 0 Å². The first kappa shape index (κ1) is 16.6. The molecule has 5 atom stereocenters. The van der Waals surface area contributed by atoms with Gasteiger partial charge in [0, 0.05) is 5.94 Å². The molecule has 0 aromatic carbocycles. The number of nitrogens with two attached hydrogens (primary N) is 1. The smallest absolute Gasteiger partial charge is 0.404 e. The van der Waals surface area contributed by atoms with Crippen molar-refractivity contribution in [2.45, 2.75) is 71.5 Å². The van der Waals surface area contributed by atoms with Crippen LogP contribution < -0.4 is 5.73 Å². The molecule has 0 unspecified atom stereocenters. The molecule has 1 heterocycles. The quantitative estimate of drug-likeness (QED) is 0.815. The van der Waals surface area contributed by atoms with Crippen molar-refractivity contribution in [1.82, 2.24) is 0 Å². The second-order valence-corrected chi connectivity index (χ2v) is 8.13. The van der Waals surface area contributed by atoms with E-state index in [2.05, 4.69) is 34.6 Å². The van der Waals surface area contributed by atoms with Crippen LogP contribution >= 0.6 is 12.4 Å². The van der Waals surface area contributed by atoms with E-state index in [1.807, 2.05) is 0 Å². The Labute approximate surface area is 129 Å². The second-order valence-electron chi connectivity index (χ2n) is 8.13. The van der Waals surface area contributed by atoms with Gasteiger partial charge in [-0.3, -0.25) is 0 Å². The standard InChI is InChI=1S/C15H28BNO2.ClH/c1-9(2)6-13(17)16-18-12-8-10-7-11(14(10,3)4)15(12,5)19-16;/h9-13H,6-8,17H2,1-5H3;1H/t10-,11-,12-,13+,15+;/m1./s1. The third-order valence-electron chi connectivity index (χ3n) is 6.06. The van der Waals surface area contributed by atoms with Gasteiger partial charge in [0.1, 0.15) is 0 Å². The zero-order valence-corrected chi connectivity index (χ0v) is 14.2. The van der Waals surface area contributed by atoms with Crippen molar-refractivity contribution in [2.75, 3.05) is 0 Å². The van der Waals surface area contributed by atoms with Gasteiger partial charge in [0.15, 0.2) is 0 Å². The molecular formula is C15H29BClNO2. The molecule has 4 fully saturated rings. The van der Waals surface area contributed by atoms with Gasteiger partial charge in [-0.15, -0.1) is 12.4 Å². The highest BCUT2D eigenvalue weighted by Gasteiger charge is 2.68. The van der Waals surface area contributed by atoms with E-state index in [0.717, 1.165) is 18.8 Å². The van der Waals surface area contributed by atoms with E-state index in [-0.39, 0.29) is 37.2 Å². The highest BCUT2D eigenvalue weighted by Crippen LogP contribution is 2.65. The van der Waals surface area contributed by atoms with Gasteiger partial charge in [0.2, 0.25) is 0 Å². The van der Waals surface area contributed by atoms with E-state index in [1.54, 1.807) is 0 Å². The lowest BCUT2D eigenvalue weighted by atomic mass is 9.43. The maximum Gasteiger partial charge on any atom is 0.475 e. The summed E-state index contributed by atoms with van der Waals surface area (Å²) in [4.78, 5) is 0. The van der Waals surface area contributed by atoms with Crippen LogP contribution in [0, 0.1) is 23.2 Å². The molecule has 0 aromatic heterocycles. The summed E-state index contributed by atoms with van der Waals surface area (Å²) in [6.07, 6.45) is 3.67. The fourth-order valence-electron chi connectivity index (χ4n) is 4.74. The first-order valence-electron chi connectivity index (χ1n) is 7.84. The van der Waals surface area contributed by atoms with Crippen LogP contribution in [0.4, 0.5) is 0 Å². The van der Waals surface area contributed by atoms with Crippen molar-refractivity contribution in [3.63, 3.8) is 0 Å². The largest absolute Gasteiger partial charge is 0.475 e. The summed E-state index contributed by atoms with van der Waals surface area (Å²) in [5.74, 6) is 2.02. The molecule has 3 aliphatic carbocycles. The van der Waals surface area contributed by atoms with Crippen molar-refractivity contribution < 1.29 is 9.31 Å². The summed E-state index contributed by atoms with van der Waals surface area (Å²) in [6.45, 7) is 11.4. The van der Waals surface area contributed by atoms with Crippen LogP contribution in [0.15, 0.2) is 0 Å². The van der Waals surface area contributed by atoms with Gasteiger partial charge in [-0.1, -0.05) is 27.7 Å². The molecule has 4 aliphatic rings. The molecule has 0 spiro atoms. The topological polar surface area (TPSA) is 44.5 Å². The summed E-state index contributed by atoms with van der Waals surface area (Å²) in [5, 5.41) is 0. The van der Waals surface area contributed by atoms with E-state index >= 15 is 0 Å². The number of hydrogen-bond acceptors (Lipinski definition) is 3. The maximum absolute atomic E-state index is 6.35.